The minimum Gasteiger partial charge on any atom is -0.341 e. The van der Waals surface area contributed by atoms with Crippen LogP contribution >= 0.6 is 0 Å². The van der Waals surface area contributed by atoms with E-state index in [1.807, 2.05) is 23.9 Å². The van der Waals surface area contributed by atoms with Gasteiger partial charge in [-0.15, -0.1) is 0 Å². The summed E-state index contributed by atoms with van der Waals surface area (Å²) in [4.78, 5) is 15.7. The van der Waals surface area contributed by atoms with E-state index in [4.69, 9.17) is 5.73 Å². The lowest BCUT2D eigenvalue weighted by molar-refractivity contribution is -0.133. The van der Waals surface area contributed by atoms with E-state index in [-0.39, 0.29) is 11.9 Å². The standard InChI is InChI=1S/C11H23N3O/c1-9-4-7-14(8-10(9)12)11(15)5-6-13(2)3/h9-10H,4-8,12H2,1-3H3. The maximum Gasteiger partial charge on any atom is 0.223 e. The van der Waals surface area contributed by atoms with Gasteiger partial charge in [0.25, 0.3) is 0 Å². The number of carbonyl (C=O) groups is 1. The normalized spacial score (nSPS) is 27.1. The zero-order chi connectivity index (χ0) is 11.4. The maximum atomic E-state index is 11.8. The van der Waals surface area contributed by atoms with Gasteiger partial charge in [-0.05, 0) is 26.4 Å². The molecule has 1 fully saturated rings. The van der Waals surface area contributed by atoms with Crippen LogP contribution in [0.25, 0.3) is 0 Å². The van der Waals surface area contributed by atoms with E-state index in [1.165, 1.54) is 0 Å². The Balaban J connectivity index is 2.34. The highest BCUT2D eigenvalue weighted by molar-refractivity contribution is 5.76. The third kappa shape index (κ3) is 3.80. The molecule has 2 atom stereocenters. The first-order valence-electron chi connectivity index (χ1n) is 5.68. The lowest BCUT2D eigenvalue weighted by Crippen LogP contribution is -2.50. The minimum atomic E-state index is 0.155. The van der Waals surface area contributed by atoms with Gasteiger partial charge in [-0.2, -0.15) is 0 Å². The fourth-order valence-corrected chi connectivity index (χ4v) is 1.80. The number of amides is 1. The van der Waals surface area contributed by atoms with Crippen LogP contribution in [0.3, 0.4) is 0 Å². The molecule has 1 heterocycles. The molecule has 4 heteroatoms. The quantitative estimate of drug-likeness (QED) is 0.725. The van der Waals surface area contributed by atoms with Crippen LogP contribution in [0.2, 0.25) is 0 Å². The van der Waals surface area contributed by atoms with Crippen molar-refractivity contribution in [2.45, 2.75) is 25.8 Å². The molecule has 0 aromatic rings. The number of piperidine rings is 1. The third-order valence-corrected chi connectivity index (χ3v) is 3.14. The van der Waals surface area contributed by atoms with E-state index in [0.717, 1.165) is 26.1 Å². The first-order valence-corrected chi connectivity index (χ1v) is 5.68. The molecule has 1 rings (SSSR count). The van der Waals surface area contributed by atoms with Crippen molar-refractivity contribution < 1.29 is 4.79 Å². The number of rotatable bonds is 3. The van der Waals surface area contributed by atoms with Gasteiger partial charge in [-0.1, -0.05) is 6.92 Å². The van der Waals surface area contributed by atoms with Crippen LogP contribution in [-0.2, 0) is 4.79 Å². The molecule has 0 radical (unpaired) electrons. The zero-order valence-corrected chi connectivity index (χ0v) is 10.1. The van der Waals surface area contributed by atoms with Gasteiger partial charge in [-0.3, -0.25) is 4.79 Å². The smallest absolute Gasteiger partial charge is 0.223 e. The van der Waals surface area contributed by atoms with Crippen molar-refractivity contribution in [1.82, 2.24) is 9.80 Å². The van der Waals surface area contributed by atoms with Crippen LogP contribution in [0.1, 0.15) is 19.8 Å². The fourth-order valence-electron chi connectivity index (χ4n) is 1.80. The predicted octanol–water partition coefficient (Wildman–Crippen LogP) is 0.134. The molecule has 0 aromatic carbocycles. The molecule has 0 saturated carbocycles. The summed E-state index contributed by atoms with van der Waals surface area (Å²) in [5.41, 5.74) is 5.96. The Morgan fingerprint density at radius 2 is 2.20 bits per heavy atom. The van der Waals surface area contributed by atoms with Gasteiger partial charge >= 0.3 is 0 Å². The Morgan fingerprint density at radius 1 is 1.53 bits per heavy atom. The average Bonchev–Trinajstić information content (AvgIpc) is 2.18. The molecule has 1 aliphatic heterocycles. The molecular weight excluding hydrogens is 190 g/mol. The van der Waals surface area contributed by atoms with Crippen molar-refractivity contribution in [3.63, 3.8) is 0 Å². The van der Waals surface area contributed by atoms with Gasteiger partial charge in [0.1, 0.15) is 0 Å². The van der Waals surface area contributed by atoms with Gasteiger partial charge in [0, 0.05) is 32.1 Å². The summed E-state index contributed by atoms with van der Waals surface area (Å²) >= 11 is 0. The lowest BCUT2D eigenvalue weighted by atomic mass is 9.94. The minimum absolute atomic E-state index is 0.155. The topological polar surface area (TPSA) is 49.6 Å². The maximum absolute atomic E-state index is 11.8. The van der Waals surface area contributed by atoms with E-state index in [9.17, 15) is 4.79 Å². The molecule has 0 bridgehead atoms. The zero-order valence-electron chi connectivity index (χ0n) is 10.1. The summed E-state index contributed by atoms with van der Waals surface area (Å²) in [5, 5.41) is 0. The number of hydrogen-bond acceptors (Lipinski definition) is 3. The molecule has 0 aliphatic carbocycles. The number of nitrogens with zero attached hydrogens (tertiary/aromatic N) is 2. The van der Waals surface area contributed by atoms with Crippen molar-refractivity contribution in [1.29, 1.82) is 0 Å². The van der Waals surface area contributed by atoms with E-state index in [1.54, 1.807) is 0 Å². The van der Waals surface area contributed by atoms with Gasteiger partial charge in [0.05, 0.1) is 0 Å². The van der Waals surface area contributed by atoms with E-state index >= 15 is 0 Å². The Hall–Kier alpha value is -0.610. The second-order valence-corrected chi connectivity index (χ2v) is 4.82. The molecule has 1 saturated heterocycles. The Bertz CT molecular complexity index is 218. The number of carbonyl (C=O) groups excluding carboxylic acids is 1. The van der Waals surface area contributed by atoms with Crippen molar-refractivity contribution in [2.75, 3.05) is 33.7 Å². The van der Waals surface area contributed by atoms with Gasteiger partial charge < -0.3 is 15.5 Å². The van der Waals surface area contributed by atoms with Gasteiger partial charge in [-0.25, -0.2) is 0 Å². The van der Waals surface area contributed by atoms with Crippen molar-refractivity contribution in [3.05, 3.63) is 0 Å². The van der Waals surface area contributed by atoms with Crippen molar-refractivity contribution in [3.8, 4) is 0 Å². The molecule has 88 valence electrons. The Kier molecular flexibility index (Phi) is 4.54. The summed E-state index contributed by atoms with van der Waals surface area (Å²) in [6, 6.07) is 0.155. The summed E-state index contributed by atoms with van der Waals surface area (Å²) in [6.45, 7) is 4.58. The molecule has 2 unspecified atom stereocenters. The Labute approximate surface area is 92.4 Å². The predicted molar refractivity (Wildman–Crippen MR) is 61.5 cm³/mol. The summed E-state index contributed by atoms with van der Waals surface area (Å²) < 4.78 is 0. The third-order valence-electron chi connectivity index (χ3n) is 3.14. The van der Waals surface area contributed by atoms with Crippen LogP contribution in [0.5, 0.6) is 0 Å². The molecule has 4 nitrogen and oxygen atoms in total. The first kappa shape index (κ1) is 12.5. The molecule has 0 aromatic heterocycles. The SMILES string of the molecule is CC1CCN(C(=O)CCN(C)C)CC1N. The number of likely N-dealkylation sites (tertiary alicyclic amines) is 1. The largest absolute Gasteiger partial charge is 0.341 e. The molecule has 15 heavy (non-hydrogen) atoms. The molecule has 1 aliphatic rings. The Morgan fingerprint density at radius 3 is 2.73 bits per heavy atom. The van der Waals surface area contributed by atoms with Crippen molar-refractivity contribution in [2.24, 2.45) is 11.7 Å². The van der Waals surface area contributed by atoms with Crippen LogP contribution in [0, 0.1) is 5.92 Å². The highest BCUT2D eigenvalue weighted by Gasteiger charge is 2.25. The van der Waals surface area contributed by atoms with Crippen LogP contribution in [-0.4, -0.2) is 55.5 Å². The van der Waals surface area contributed by atoms with Gasteiger partial charge in [0.2, 0.25) is 5.91 Å². The van der Waals surface area contributed by atoms with Crippen LogP contribution < -0.4 is 5.73 Å². The van der Waals surface area contributed by atoms with Crippen LogP contribution in [0.4, 0.5) is 0 Å². The molecule has 1 amide bonds. The number of nitrogens with two attached hydrogens (primary N) is 1. The summed E-state index contributed by atoms with van der Waals surface area (Å²) in [7, 11) is 3.97. The van der Waals surface area contributed by atoms with Gasteiger partial charge in [0.15, 0.2) is 0 Å². The molecule has 2 N–H and O–H groups in total. The van der Waals surface area contributed by atoms with E-state index in [2.05, 4.69) is 6.92 Å². The second-order valence-electron chi connectivity index (χ2n) is 4.82. The summed E-state index contributed by atoms with van der Waals surface area (Å²) in [5.74, 6) is 0.786. The highest BCUT2D eigenvalue weighted by Crippen LogP contribution is 2.15. The second kappa shape index (κ2) is 5.47. The van der Waals surface area contributed by atoms with E-state index < -0.39 is 0 Å². The summed E-state index contributed by atoms with van der Waals surface area (Å²) in [6.07, 6.45) is 1.64. The molecule has 0 spiro atoms. The first-order chi connectivity index (χ1) is 7.00. The average molecular weight is 213 g/mol. The lowest BCUT2D eigenvalue weighted by Gasteiger charge is -2.35. The van der Waals surface area contributed by atoms with E-state index in [0.29, 0.717) is 12.3 Å². The monoisotopic (exact) mass is 213 g/mol. The van der Waals surface area contributed by atoms with Crippen molar-refractivity contribution >= 4 is 5.91 Å². The fraction of sp³-hybridized carbons (Fsp3) is 0.909. The highest BCUT2D eigenvalue weighted by atomic mass is 16.2. The molecular formula is C11H23N3O. The van der Waals surface area contributed by atoms with Crippen LogP contribution in [0.15, 0.2) is 0 Å². The number of hydrogen-bond donors (Lipinski definition) is 1.